The molecule has 0 radical (unpaired) electrons. The van der Waals surface area contributed by atoms with E-state index in [-0.39, 0.29) is 25.8 Å². The third kappa shape index (κ3) is 57.0. The molecule has 8 nitrogen and oxygen atoms in total. The molecule has 2 atom stereocenters. The predicted molar refractivity (Wildman–Crippen MR) is 296 cm³/mol. The fraction of sp³-hybridized carbons (Fsp3) is 0.817. The van der Waals surface area contributed by atoms with Crippen molar-refractivity contribution in [1.29, 1.82) is 0 Å². The maximum atomic E-state index is 12.8. The summed E-state index contributed by atoms with van der Waals surface area (Å²) < 4.78 is 34.9. The van der Waals surface area contributed by atoms with Crippen LogP contribution in [0.1, 0.15) is 258 Å². The van der Waals surface area contributed by atoms with Gasteiger partial charge in [0.1, 0.15) is 19.3 Å². The summed E-state index contributed by atoms with van der Waals surface area (Å²) in [6.07, 6.45) is 68.3. The summed E-state index contributed by atoms with van der Waals surface area (Å²) in [5, 5.41) is 0. The highest BCUT2D eigenvalue weighted by molar-refractivity contribution is 7.45. The van der Waals surface area contributed by atoms with Gasteiger partial charge in [0.2, 0.25) is 0 Å². The molecule has 69 heavy (non-hydrogen) atoms. The highest BCUT2D eigenvalue weighted by Gasteiger charge is 2.20. The number of phosphoric ester groups is 1. The Morgan fingerprint density at radius 2 is 0.841 bits per heavy atom. The first-order valence-electron chi connectivity index (χ1n) is 29.0. The number of rotatable bonds is 54. The van der Waals surface area contributed by atoms with Gasteiger partial charge in [-0.3, -0.25) is 9.36 Å². The van der Waals surface area contributed by atoms with Crippen LogP contribution in [0, 0.1) is 0 Å². The molecule has 0 aromatic carbocycles. The van der Waals surface area contributed by atoms with Gasteiger partial charge in [-0.2, -0.15) is 0 Å². The van der Waals surface area contributed by atoms with Crippen molar-refractivity contribution in [2.24, 2.45) is 0 Å². The number of ether oxygens (including phenoxy) is 2. The van der Waals surface area contributed by atoms with E-state index in [1.54, 1.807) is 0 Å². The third-order valence-corrected chi connectivity index (χ3v) is 13.5. The molecule has 0 spiro atoms. The molecule has 0 aromatic rings. The second-order valence-electron chi connectivity index (χ2n) is 20.6. The highest BCUT2D eigenvalue weighted by Crippen LogP contribution is 2.38. The number of likely N-dealkylation sites (N-methyl/N-ethyl adjacent to an activating group) is 1. The van der Waals surface area contributed by atoms with E-state index in [0.29, 0.717) is 24.1 Å². The number of carbonyl (C=O) groups excluding carboxylic acids is 1. The second kappa shape index (κ2) is 52.5. The van der Waals surface area contributed by atoms with Crippen molar-refractivity contribution in [2.75, 3.05) is 54.1 Å². The molecule has 0 N–H and O–H groups in total. The molecule has 0 aliphatic carbocycles. The van der Waals surface area contributed by atoms with E-state index in [4.69, 9.17) is 18.5 Å². The van der Waals surface area contributed by atoms with Gasteiger partial charge in [0.25, 0.3) is 7.82 Å². The highest BCUT2D eigenvalue weighted by atomic mass is 31.2. The number of quaternary nitrogens is 1. The molecule has 0 amide bonds. The molecule has 9 heteroatoms. The van der Waals surface area contributed by atoms with Crippen molar-refractivity contribution in [3.63, 3.8) is 0 Å². The summed E-state index contributed by atoms with van der Waals surface area (Å²) in [6.45, 7) is 5.33. The number of esters is 1. The van der Waals surface area contributed by atoms with Crippen LogP contribution in [0.5, 0.6) is 0 Å². The molecule has 2 unspecified atom stereocenters. The lowest BCUT2D eigenvalue weighted by atomic mass is 10.0. The van der Waals surface area contributed by atoms with Crippen LogP contribution in [-0.2, 0) is 27.9 Å². The number of allylic oxidation sites excluding steroid dienone is 10. The Morgan fingerprint density at radius 1 is 0.464 bits per heavy atom. The van der Waals surface area contributed by atoms with Crippen molar-refractivity contribution in [3.05, 3.63) is 60.8 Å². The summed E-state index contributed by atoms with van der Waals surface area (Å²) in [6, 6.07) is 0. The van der Waals surface area contributed by atoms with Gasteiger partial charge in [-0.05, 0) is 77.0 Å². The van der Waals surface area contributed by atoms with Crippen molar-refractivity contribution in [1.82, 2.24) is 0 Å². The number of hydrogen-bond acceptors (Lipinski definition) is 7. The molecule has 0 saturated carbocycles. The molecule has 0 saturated heterocycles. The first kappa shape index (κ1) is 67.2. The Morgan fingerprint density at radius 3 is 1.28 bits per heavy atom. The smallest absolute Gasteiger partial charge is 0.306 e. The van der Waals surface area contributed by atoms with Crippen molar-refractivity contribution >= 4 is 13.8 Å². The molecular formula is C60H112NO7P. The van der Waals surface area contributed by atoms with Gasteiger partial charge in [-0.25, -0.2) is 0 Å². The van der Waals surface area contributed by atoms with Gasteiger partial charge in [-0.1, -0.05) is 235 Å². The predicted octanol–water partition coefficient (Wildman–Crippen LogP) is 17.8. The minimum Gasteiger partial charge on any atom is -0.756 e. The van der Waals surface area contributed by atoms with E-state index in [1.165, 1.54) is 180 Å². The monoisotopic (exact) mass is 990 g/mol. The van der Waals surface area contributed by atoms with Crippen LogP contribution in [0.15, 0.2) is 60.8 Å². The zero-order valence-corrected chi connectivity index (χ0v) is 46.9. The van der Waals surface area contributed by atoms with Crippen LogP contribution < -0.4 is 4.89 Å². The number of hydrogen-bond donors (Lipinski definition) is 0. The fourth-order valence-corrected chi connectivity index (χ4v) is 8.85. The lowest BCUT2D eigenvalue weighted by Crippen LogP contribution is -2.37. The summed E-state index contributed by atoms with van der Waals surface area (Å²) in [5.74, 6) is -0.337. The van der Waals surface area contributed by atoms with E-state index in [9.17, 15) is 14.3 Å². The van der Waals surface area contributed by atoms with E-state index < -0.39 is 13.9 Å². The third-order valence-electron chi connectivity index (χ3n) is 12.6. The average molecular weight is 991 g/mol. The van der Waals surface area contributed by atoms with Crippen LogP contribution in [0.25, 0.3) is 0 Å². The molecule has 0 fully saturated rings. The van der Waals surface area contributed by atoms with Gasteiger partial charge in [-0.15, -0.1) is 0 Å². The van der Waals surface area contributed by atoms with Gasteiger partial charge in [0, 0.05) is 13.0 Å². The Labute approximate surface area is 428 Å². The second-order valence-corrected chi connectivity index (χ2v) is 22.0. The van der Waals surface area contributed by atoms with E-state index in [2.05, 4.69) is 74.6 Å². The van der Waals surface area contributed by atoms with E-state index in [1.807, 2.05) is 21.1 Å². The zero-order valence-electron chi connectivity index (χ0n) is 46.0. The van der Waals surface area contributed by atoms with Crippen LogP contribution in [0.4, 0.5) is 0 Å². The number of nitrogens with zero attached hydrogens (tertiary/aromatic N) is 1. The average Bonchev–Trinajstić information content (AvgIpc) is 3.31. The lowest BCUT2D eigenvalue weighted by Gasteiger charge is -2.28. The largest absolute Gasteiger partial charge is 0.756 e. The number of phosphoric acid groups is 1. The molecule has 0 aliphatic rings. The summed E-state index contributed by atoms with van der Waals surface area (Å²) in [5.41, 5.74) is 0. The van der Waals surface area contributed by atoms with Crippen molar-refractivity contribution < 1.29 is 37.3 Å². The minimum atomic E-state index is -4.54. The Balaban J connectivity index is 4.07. The van der Waals surface area contributed by atoms with E-state index in [0.717, 1.165) is 57.8 Å². The Hall–Kier alpha value is -1.80. The molecule has 0 aliphatic heterocycles. The van der Waals surface area contributed by atoms with Crippen molar-refractivity contribution in [3.8, 4) is 0 Å². The first-order chi connectivity index (χ1) is 33.6. The number of unbranched alkanes of at least 4 members (excludes halogenated alkanes) is 30. The molecule has 404 valence electrons. The van der Waals surface area contributed by atoms with Crippen molar-refractivity contribution in [2.45, 2.75) is 264 Å². The van der Waals surface area contributed by atoms with Gasteiger partial charge < -0.3 is 27.9 Å². The summed E-state index contributed by atoms with van der Waals surface area (Å²) >= 11 is 0. The van der Waals surface area contributed by atoms with Gasteiger partial charge in [0.15, 0.2) is 0 Å². The Kier molecular flexibility index (Phi) is 51.2. The van der Waals surface area contributed by atoms with Gasteiger partial charge in [0.05, 0.1) is 34.4 Å². The molecule has 0 bridgehead atoms. The fourth-order valence-electron chi connectivity index (χ4n) is 8.12. The molecular weight excluding hydrogens is 878 g/mol. The minimum absolute atomic E-state index is 0.0240. The SMILES string of the molecule is CC/C=C\C/C=C\C/C=C\C/C=C\CCCCCCCCCCCCC(=O)OC(COCCCCCCCCCCCCCC/C=C\CCCCCCCCCC)COP(=O)([O-])OCC[N+](C)(C)C. The first-order valence-corrected chi connectivity index (χ1v) is 30.5. The quantitative estimate of drug-likeness (QED) is 0.0197. The summed E-state index contributed by atoms with van der Waals surface area (Å²) in [4.78, 5) is 25.3. The molecule has 0 rings (SSSR count). The van der Waals surface area contributed by atoms with Crippen LogP contribution in [0.3, 0.4) is 0 Å². The van der Waals surface area contributed by atoms with Crippen LogP contribution in [0.2, 0.25) is 0 Å². The standard InChI is InChI=1S/C60H112NO7P/c1-6-8-10-12-14-16-18-20-22-24-26-28-30-32-34-36-38-40-42-44-46-48-50-52-55-65-57-59(58-67-69(63,64)66-56-54-61(3,4)5)68-60(62)53-51-49-47-45-43-41-39-37-35-33-31-29-27-25-23-21-19-17-15-13-11-9-7-2/h9,11,15,17,21,23-24,26-27,29,59H,6-8,10,12-14,16,18-20,22,25,28,30-58H2,1-5H3/b11-9-,17-15-,23-21-,26-24-,29-27-. The Bertz CT molecular complexity index is 1290. The maximum absolute atomic E-state index is 12.8. The van der Waals surface area contributed by atoms with Crippen LogP contribution in [-0.4, -0.2) is 70.7 Å². The van der Waals surface area contributed by atoms with E-state index >= 15 is 0 Å². The van der Waals surface area contributed by atoms with Gasteiger partial charge >= 0.3 is 5.97 Å². The maximum Gasteiger partial charge on any atom is 0.306 e. The lowest BCUT2D eigenvalue weighted by molar-refractivity contribution is -0.870. The summed E-state index contributed by atoms with van der Waals surface area (Å²) in [7, 11) is 1.36. The normalized spacial score (nSPS) is 13.9. The topological polar surface area (TPSA) is 94.1 Å². The molecule has 0 aromatic heterocycles. The zero-order chi connectivity index (χ0) is 50.5. The van der Waals surface area contributed by atoms with Crippen LogP contribution >= 0.6 is 7.82 Å². The number of carbonyl (C=O) groups is 1. The molecule has 0 heterocycles.